The first-order valence-electron chi connectivity index (χ1n) is 7.47. The van der Waals surface area contributed by atoms with Crippen molar-refractivity contribution < 1.29 is 9.47 Å². The minimum absolute atomic E-state index is 0.555. The molecule has 0 spiro atoms. The van der Waals surface area contributed by atoms with E-state index in [2.05, 4.69) is 37.3 Å². The highest BCUT2D eigenvalue weighted by Gasteiger charge is 2.17. The van der Waals surface area contributed by atoms with Crippen molar-refractivity contribution in [2.24, 2.45) is 0 Å². The normalized spacial score (nSPS) is 15.0. The van der Waals surface area contributed by atoms with Gasteiger partial charge in [0.05, 0.1) is 4.58 Å². The molecule has 0 bridgehead atoms. The van der Waals surface area contributed by atoms with E-state index in [4.69, 9.17) is 9.47 Å². The van der Waals surface area contributed by atoms with Crippen molar-refractivity contribution in [3.63, 3.8) is 0 Å². The second kappa shape index (κ2) is 7.84. The van der Waals surface area contributed by atoms with Gasteiger partial charge < -0.3 is 9.47 Å². The molecule has 0 aliphatic carbocycles. The summed E-state index contributed by atoms with van der Waals surface area (Å²) < 4.78 is 12.0. The maximum absolute atomic E-state index is 5.74. The van der Waals surface area contributed by atoms with Crippen molar-refractivity contribution >= 4 is 23.5 Å². The molecule has 1 aliphatic rings. The zero-order chi connectivity index (χ0) is 15.2. The van der Waals surface area contributed by atoms with Crippen molar-refractivity contribution in [2.45, 2.75) is 11.5 Å². The van der Waals surface area contributed by atoms with Crippen molar-refractivity contribution in [2.75, 3.05) is 24.7 Å². The standard InChI is InChI=1S/C18H20O2S2/c1-14-3-2-4-17(13-14)20-10-9-19-16-7-5-15(6-8-16)18-21-11-12-22-18/h2-8,13,18H,9-12H2,1H3. The summed E-state index contributed by atoms with van der Waals surface area (Å²) in [5, 5.41) is 0. The summed E-state index contributed by atoms with van der Waals surface area (Å²) in [6.45, 7) is 3.17. The second-order valence-electron chi connectivity index (χ2n) is 5.16. The summed E-state index contributed by atoms with van der Waals surface area (Å²) in [6.07, 6.45) is 0. The first-order chi connectivity index (χ1) is 10.8. The predicted molar refractivity (Wildman–Crippen MR) is 96.3 cm³/mol. The summed E-state index contributed by atoms with van der Waals surface area (Å²) in [5.41, 5.74) is 2.59. The SMILES string of the molecule is Cc1cccc(OCCOc2ccc(C3SCCS3)cc2)c1. The van der Waals surface area contributed by atoms with Crippen molar-refractivity contribution in [3.05, 3.63) is 59.7 Å². The van der Waals surface area contributed by atoms with Gasteiger partial charge >= 0.3 is 0 Å². The van der Waals surface area contributed by atoms with Gasteiger partial charge in [-0.2, -0.15) is 0 Å². The van der Waals surface area contributed by atoms with Crippen LogP contribution in [0.5, 0.6) is 11.5 Å². The molecule has 1 heterocycles. The van der Waals surface area contributed by atoms with Crippen LogP contribution in [0.25, 0.3) is 0 Å². The lowest BCUT2D eigenvalue weighted by molar-refractivity contribution is 0.217. The molecule has 1 aliphatic heterocycles. The zero-order valence-electron chi connectivity index (χ0n) is 12.7. The third-order valence-electron chi connectivity index (χ3n) is 3.38. The molecule has 3 rings (SSSR count). The predicted octanol–water partition coefficient (Wildman–Crippen LogP) is 4.93. The molecular formula is C18H20O2S2. The third kappa shape index (κ3) is 4.37. The Morgan fingerprint density at radius 3 is 2.27 bits per heavy atom. The lowest BCUT2D eigenvalue weighted by Crippen LogP contribution is -2.09. The molecule has 0 unspecified atom stereocenters. The van der Waals surface area contributed by atoms with E-state index in [1.807, 2.05) is 41.7 Å². The Morgan fingerprint density at radius 2 is 1.59 bits per heavy atom. The van der Waals surface area contributed by atoms with E-state index in [9.17, 15) is 0 Å². The minimum atomic E-state index is 0.555. The van der Waals surface area contributed by atoms with Crippen LogP contribution in [0, 0.1) is 6.92 Å². The molecule has 1 saturated heterocycles. The average molecular weight is 332 g/mol. The lowest BCUT2D eigenvalue weighted by atomic mass is 10.2. The number of hydrogen-bond acceptors (Lipinski definition) is 4. The third-order valence-corrected chi connectivity index (χ3v) is 6.49. The fourth-order valence-electron chi connectivity index (χ4n) is 2.30. The highest BCUT2D eigenvalue weighted by Crippen LogP contribution is 2.45. The van der Waals surface area contributed by atoms with Gasteiger partial charge in [-0.3, -0.25) is 0 Å². The average Bonchev–Trinajstić information content (AvgIpc) is 3.07. The Hall–Kier alpha value is -1.26. The molecule has 0 atom stereocenters. The summed E-state index contributed by atoms with van der Waals surface area (Å²) in [4.78, 5) is 0. The van der Waals surface area contributed by atoms with Crippen LogP contribution in [0.15, 0.2) is 48.5 Å². The van der Waals surface area contributed by atoms with Gasteiger partial charge in [0, 0.05) is 11.5 Å². The van der Waals surface area contributed by atoms with Crippen LogP contribution in [0.2, 0.25) is 0 Å². The molecular weight excluding hydrogens is 312 g/mol. The molecule has 0 saturated carbocycles. The smallest absolute Gasteiger partial charge is 0.122 e. The monoisotopic (exact) mass is 332 g/mol. The lowest BCUT2D eigenvalue weighted by Gasteiger charge is -2.11. The van der Waals surface area contributed by atoms with Gasteiger partial charge in [-0.15, -0.1) is 23.5 Å². The van der Waals surface area contributed by atoms with Crippen LogP contribution < -0.4 is 9.47 Å². The van der Waals surface area contributed by atoms with E-state index in [0.29, 0.717) is 17.8 Å². The van der Waals surface area contributed by atoms with Crippen LogP contribution in [0.3, 0.4) is 0 Å². The van der Waals surface area contributed by atoms with Crippen molar-refractivity contribution in [1.29, 1.82) is 0 Å². The molecule has 0 N–H and O–H groups in total. The van der Waals surface area contributed by atoms with Gasteiger partial charge in [0.15, 0.2) is 0 Å². The first-order valence-corrected chi connectivity index (χ1v) is 9.56. The number of thioether (sulfide) groups is 2. The van der Waals surface area contributed by atoms with Crippen molar-refractivity contribution in [1.82, 2.24) is 0 Å². The number of hydrogen-bond donors (Lipinski definition) is 0. The fourth-order valence-corrected chi connectivity index (χ4v) is 5.16. The number of benzene rings is 2. The zero-order valence-corrected chi connectivity index (χ0v) is 14.3. The van der Waals surface area contributed by atoms with E-state index in [-0.39, 0.29) is 0 Å². The Labute approximate surface area is 140 Å². The fraction of sp³-hybridized carbons (Fsp3) is 0.333. The van der Waals surface area contributed by atoms with Gasteiger partial charge in [-0.05, 0) is 42.3 Å². The molecule has 4 heteroatoms. The molecule has 2 aromatic carbocycles. The molecule has 116 valence electrons. The van der Waals surface area contributed by atoms with Gasteiger partial charge in [0.1, 0.15) is 24.7 Å². The summed E-state index contributed by atoms with van der Waals surface area (Å²) in [7, 11) is 0. The van der Waals surface area contributed by atoms with Gasteiger partial charge in [0.2, 0.25) is 0 Å². The molecule has 0 aromatic heterocycles. The molecule has 2 nitrogen and oxygen atoms in total. The Balaban J connectivity index is 1.43. The van der Waals surface area contributed by atoms with E-state index < -0.39 is 0 Å². The summed E-state index contributed by atoms with van der Waals surface area (Å²) in [6, 6.07) is 16.5. The van der Waals surface area contributed by atoms with Crippen LogP contribution in [-0.2, 0) is 0 Å². The van der Waals surface area contributed by atoms with Gasteiger partial charge in [-0.25, -0.2) is 0 Å². The highest BCUT2D eigenvalue weighted by atomic mass is 32.2. The Bertz CT molecular complexity index is 592. The first kappa shape index (κ1) is 15.6. The van der Waals surface area contributed by atoms with Crippen LogP contribution >= 0.6 is 23.5 Å². The van der Waals surface area contributed by atoms with Gasteiger partial charge in [0.25, 0.3) is 0 Å². The number of rotatable bonds is 6. The quantitative estimate of drug-likeness (QED) is 0.698. The molecule has 0 amide bonds. The molecule has 22 heavy (non-hydrogen) atoms. The Morgan fingerprint density at radius 1 is 0.909 bits per heavy atom. The van der Waals surface area contributed by atoms with E-state index in [1.54, 1.807) is 0 Å². The number of aryl methyl sites for hydroxylation is 1. The summed E-state index contributed by atoms with van der Waals surface area (Å²) >= 11 is 4.05. The van der Waals surface area contributed by atoms with E-state index >= 15 is 0 Å². The summed E-state index contributed by atoms with van der Waals surface area (Å²) in [5.74, 6) is 4.31. The van der Waals surface area contributed by atoms with Gasteiger partial charge in [-0.1, -0.05) is 24.3 Å². The maximum Gasteiger partial charge on any atom is 0.122 e. The molecule has 0 radical (unpaired) electrons. The molecule has 2 aromatic rings. The van der Waals surface area contributed by atoms with Crippen LogP contribution in [0.4, 0.5) is 0 Å². The van der Waals surface area contributed by atoms with Crippen LogP contribution in [-0.4, -0.2) is 24.7 Å². The number of ether oxygens (including phenoxy) is 2. The van der Waals surface area contributed by atoms with Crippen molar-refractivity contribution in [3.8, 4) is 11.5 Å². The minimum Gasteiger partial charge on any atom is -0.490 e. The largest absolute Gasteiger partial charge is 0.490 e. The second-order valence-corrected chi connectivity index (χ2v) is 7.88. The van der Waals surface area contributed by atoms with E-state index in [0.717, 1.165) is 11.5 Å². The topological polar surface area (TPSA) is 18.5 Å². The Kier molecular flexibility index (Phi) is 5.57. The van der Waals surface area contributed by atoms with E-state index in [1.165, 1.54) is 22.6 Å². The molecule has 1 fully saturated rings. The van der Waals surface area contributed by atoms with Crippen LogP contribution in [0.1, 0.15) is 15.7 Å². The highest BCUT2D eigenvalue weighted by molar-refractivity contribution is 8.19. The maximum atomic E-state index is 5.74.